The predicted octanol–water partition coefficient (Wildman–Crippen LogP) is 2.58. The minimum absolute atomic E-state index is 0.0804. The van der Waals surface area contributed by atoms with Crippen LogP contribution in [0.25, 0.3) is 0 Å². The standard InChI is InChI=1S/C14H20F6N2O4/c1-12(2,3)26-11(24)22-6-4-21(5-7-22)8-9(23)25-10(13(15,16)17)14(18,19)20/h10H,4-8H2,1-3H3. The van der Waals surface area contributed by atoms with Crippen molar-refractivity contribution in [3.8, 4) is 0 Å². The van der Waals surface area contributed by atoms with Crippen molar-refractivity contribution < 1.29 is 45.4 Å². The van der Waals surface area contributed by atoms with E-state index in [0.717, 1.165) is 0 Å². The first kappa shape index (κ1) is 22.3. The summed E-state index contributed by atoms with van der Waals surface area (Å²) in [5.41, 5.74) is -0.706. The van der Waals surface area contributed by atoms with Crippen molar-refractivity contribution >= 4 is 12.1 Å². The molecule has 0 spiro atoms. The summed E-state index contributed by atoms with van der Waals surface area (Å²) in [4.78, 5) is 25.9. The molecule has 0 radical (unpaired) electrons. The van der Waals surface area contributed by atoms with Gasteiger partial charge in [0.25, 0.3) is 6.10 Å². The van der Waals surface area contributed by atoms with Gasteiger partial charge in [0.05, 0.1) is 6.54 Å². The third kappa shape index (κ3) is 7.26. The molecule has 0 aromatic heterocycles. The van der Waals surface area contributed by atoms with Crippen molar-refractivity contribution in [1.29, 1.82) is 0 Å². The maximum Gasteiger partial charge on any atom is 0.434 e. The second kappa shape index (κ2) is 7.89. The van der Waals surface area contributed by atoms with Crippen LogP contribution in [-0.4, -0.2) is 78.6 Å². The van der Waals surface area contributed by atoms with Crippen molar-refractivity contribution in [2.45, 2.75) is 44.8 Å². The fourth-order valence-corrected chi connectivity index (χ4v) is 2.09. The Balaban J connectivity index is 2.52. The fraction of sp³-hybridized carbons (Fsp3) is 0.857. The van der Waals surface area contributed by atoms with Gasteiger partial charge in [-0.1, -0.05) is 0 Å². The predicted molar refractivity (Wildman–Crippen MR) is 76.2 cm³/mol. The van der Waals surface area contributed by atoms with E-state index in [1.807, 2.05) is 0 Å². The van der Waals surface area contributed by atoms with Crippen LogP contribution in [0.4, 0.5) is 31.1 Å². The first-order chi connectivity index (χ1) is 11.6. The number of halogens is 6. The largest absolute Gasteiger partial charge is 0.444 e. The van der Waals surface area contributed by atoms with E-state index in [4.69, 9.17) is 4.74 Å². The van der Waals surface area contributed by atoms with Crippen LogP contribution in [0.1, 0.15) is 20.8 Å². The molecule has 1 rings (SSSR count). The molecule has 0 bridgehead atoms. The van der Waals surface area contributed by atoms with Crippen LogP contribution in [0.3, 0.4) is 0 Å². The second-order valence-corrected chi connectivity index (χ2v) is 6.70. The summed E-state index contributed by atoms with van der Waals surface area (Å²) in [6.45, 7) is 4.67. The number of rotatable bonds is 3. The summed E-state index contributed by atoms with van der Waals surface area (Å²) >= 11 is 0. The van der Waals surface area contributed by atoms with Gasteiger partial charge in [0, 0.05) is 26.2 Å². The van der Waals surface area contributed by atoms with Crippen LogP contribution >= 0.6 is 0 Å². The van der Waals surface area contributed by atoms with Crippen LogP contribution in [0.15, 0.2) is 0 Å². The highest BCUT2D eigenvalue weighted by Crippen LogP contribution is 2.35. The van der Waals surface area contributed by atoms with Crippen LogP contribution in [0, 0.1) is 0 Å². The van der Waals surface area contributed by atoms with Gasteiger partial charge >= 0.3 is 24.4 Å². The molecule has 0 atom stereocenters. The molecule has 0 N–H and O–H groups in total. The van der Waals surface area contributed by atoms with Crippen molar-refractivity contribution in [2.24, 2.45) is 0 Å². The number of piperazine rings is 1. The Hall–Kier alpha value is -1.72. The Bertz CT molecular complexity index is 493. The smallest absolute Gasteiger partial charge is 0.434 e. The zero-order valence-electron chi connectivity index (χ0n) is 14.4. The molecule has 1 fully saturated rings. The van der Waals surface area contributed by atoms with Gasteiger partial charge in [-0.25, -0.2) is 4.79 Å². The van der Waals surface area contributed by atoms with E-state index in [1.165, 1.54) is 9.80 Å². The SMILES string of the molecule is CC(C)(C)OC(=O)N1CCN(CC(=O)OC(C(F)(F)F)C(F)(F)F)CC1. The molecule has 1 saturated heterocycles. The third-order valence-electron chi connectivity index (χ3n) is 3.22. The van der Waals surface area contributed by atoms with Gasteiger partial charge in [-0.15, -0.1) is 0 Å². The molecule has 0 aromatic carbocycles. The number of ether oxygens (including phenoxy) is 2. The third-order valence-corrected chi connectivity index (χ3v) is 3.22. The number of carbonyl (C=O) groups is 2. The Morgan fingerprint density at radius 1 is 0.923 bits per heavy atom. The summed E-state index contributed by atoms with van der Waals surface area (Å²) in [7, 11) is 0. The normalized spacial score (nSPS) is 17.4. The highest BCUT2D eigenvalue weighted by Gasteiger charge is 2.59. The van der Waals surface area contributed by atoms with Gasteiger partial charge in [0.1, 0.15) is 5.60 Å². The average molecular weight is 394 g/mol. The zero-order valence-corrected chi connectivity index (χ0v) is 14.4. The highest BCUT2D eigenvalue weighted by molar-refractivity contribution is 5.72. The van der Waals surface area contributed by atoms with Crippen LogP contribution in [0.2, 0.25) is 0 Å². The summed E-state index contributed by atoms with van der Waals surface area (Å²) in [6, 6.07) is 0. The van der Waals surface area contributed by atoms with Gasteiger partial charge in [-0.3, -0.25) is 9.69 Å². The van der Waals surface area contributed by atoms with Gasteiger partial charge in [0.15, 0.2) is 0 Å². The number of amides is 1. The number of alkyl halides is 6. The summed E-state index contributed by atoms with van der Waals surface area (Å²) in [6.07, 6.45) is -16.2. The topological polar surface area (TPSA) is 59.1 Å². The number of hydrogen-bond acceptors (Lipinski definition) is 5. The molecule has 0 saturated carbocycles. The van der Waals surface area contributed by atoms with Crippen LogP contribution in [0.5, 0.6) is 0 Å². The summed E-state index contributed by atoms with van der Waals surface area (Å²) < 4.78 is 82.9. The van der Waals surface area contributed by atoms with E-state index in [0.29, 0.717) is 0 Å². The van der Waals surface area contributed by atoms with E-state index in [1.54, 1.807) is 20.8 Å². The number of carbonyl (C=O) groups excluding carboxylic acids is 2. The monoisotopic (exact) mass is 394 g/mol. The molecule has 0 unspecified atom stereocenters. The van der Waals surface area contributed by atoms with Gasteiger partial charge < -0.3 is 14.4 Å². The molecule has 12 heteroatoms. The number of hydrogen-bond donors (Lipinski definition) is 0. The average Bonchev–Trinajstić information content (AvgIpc) is 2.41. The number of nitrogens with zero attached hydrogens (tertiary/aromatic N) is 2. The molecule has 152 valence electrons. The van der Waals surface area contributed by atoms with Crippen molar-refractivity contribution in [3.63, 3.8) is 0 Å². The van der Waals surface area contributed by atoms with E-state index < -0.39 is 42.7 Å². The minimum atomic E-state index is -5.75. The maximum atomic E-state index is 12.4. The van der Waals surface area contributed by atoms with E-state index in [-0.39, 0.29) is 26.2 Å². The Kier molecular flexibility index (Phi) is 6.77. The van der Waals surface area contributed by atoms with Crippen molar-refractivity contribution in [1.82, 2.24) is 9.80 Å². The Morgan fingerprint density at radius 3 is 1.77 bits per heavy atom. The molecular formula is C14H20F6N2O4. The minimum Gasteiger partial charge on any atom is -0.444 e. The molecule has 1 heterocycles. The molecule has 6 nitrogen and oxygen atoms in total. The van der Waals surface area contributed by atoms with E-state index in [2.05, 4.69) is 4.74 Å². The molecule has 1 aliphatic rings. The lowest BCUT2D eigenvalue weighted by atomic mass is 10.2. The molecular weight excluding hydrogens is 374 g/mol. The first-order valence-electron chi connectivity index (χ1n) is 7.63. The van der Waals surface area contributed by atoms with Gasteiger partial charge in [-0.2, -0.15) is 26.3 Å². The van der Waals surface area contributed by atoms with Gasteiger partial charge in [-0.05, 0) is 20.8 Å². The molecule has 26 heavy (non-hydrogen) atoms. The summed E-state index contributed by atoms with van der Waals surface area (Å²) in [5, 5.41) is 0. The van der Waals surface area contributed by atoms with E-state index >= 15 is 0 Å². The van der Waals surface area contributed by atoms with E-state index in [9.17, 15) is 35.9 Å². The second-order valence-electron chi connectivity index (χ2n) is 6.70. The lowest BCUT2D eigenvalue weighted by molar-refractivity contribution is -0.313. The lowest BCUT2D eigenvalue weighted by Crippen LogP contribution is -2.52. The quantitative estimate of drug-likeness (QED) is 0.544. The molecule has 1 amide bonds. The summed E-state index contributed by atoms with van der Waals surface area (Å²) in [5.74, 6) is -1.64. The molecule has 0 aromatic rings. The molecule has 0 aliphatic carbocycles. The fourth-order valence-electron chi connectivity index (χ4n) is 2.09. The Labute approximate surface area is 146 Å². The highest BCUT2D eigenvalue weighted by atomic mass is 19.4. The zero-order chi connectivity index (χ0) is 20.3. The Morgan fingerprint density at radius 2 is 1.38 bits per heavy atom. The first-order valence-corrected chi connectivity index (χ1v) is 7.63. The lowest BCUT2D eigenvalue weighted by Gasteiger charge is -2.35. The van der Waals surface area contributed by atoms with Crippen molar-refractivity contribution in [2.75, 3.05) is 32.7 Å². The maximum absolute atomic E-state index is 12.4. The van der Waals surface area contributed by atoms with Crippen LogP contribution < -0.4 is 0 Å². The van der Waals surface area contributed by atoms with Crippen LogP contribution in [-0.2, 0) is 14.3 Å². The number of esters is 1. The van der Waals surface area contributed by atoms with Crippen molar-refractivity contribution in [3.05, 3.63) is 0 Å². The van der Waals surface area contributed by atoms with Gasteiger partial charge in [0.2, 0.25) is 0 Å². The molecule has 1 aliphatic heterocycles.